The Balaban J connectivity index is 2.70. The van der Waals surface area contributed by atoms with E-state index in [2.05, 4.69) is 5.16 Å². The van der Waals surface area contributed by atoms with Gasteiger partial charge in [0, 0.05) is 11.6 Å². The Labute approximate surface area is 104 Å². The molecule has 0 radical (unpaired) electrons. The molecule has 0 saturated heterocycles. The number of rotatable bonds is 5. The number of nitrogens with zero attached hydrogens (tertiary/aromatic N) is 1. The molecule has 0 fully saturated rings. The first kappa shape index (κ1) is 13.8. The van der Waals surface area contributed by atoms with Gasteiger partial charge in [-0.25, -0.2) is 4.79 Å². The lowest BCUT2D eigenvalue weighted by atomic mass is 10.1. The van der Waals surface area contributed by atoms with E-state index in [0.717, 1.165) is 0 Å². The molecular weight excluding hydrogens is 238 g/mol. The number of hydrogen-bond donors (Lipinski definition) is 2. The molecule has 0 saturated carbocycles. The van der Waals surface area contributed by atoms with Gasteiger partial charge < -0.3 is 19.8 Å². The van der Waals surface area contributed by atoms with Gasteiger partial charge in [0.2, 0.25) is 0 Å². The van der Waals surface area contributed by atoms with E-state index >= 15 is 0 Å². The SMILES string of the molecule is CCOC(=O)COc1ccc(C(C)=NO)c(O)c1. The normalized spacial score (nSPS) is 11.1. The number of hydrogen-bond acceptors (Lipinski definition) is 6. The molecule has 0 heterocycles. The maximum atomic E-state index is 11.1. The van der Waals surface area contributed by atoms with Gasteiger partial charge in [0.1, 0.15) is 11.5 Å². The molecule has 1 aromatic carbocycles. The molecule has 0 atom stereocenters. The lowest BCUT2D eigenvalue weighted by Gasteiger charge is -2.08. The van der Waals surface area contributed by atoms with E-state index < -0.39 is 5.97 Å². The highest BCUT2D eigenvalue weighted by atomic mass is 16.6. The zero-order valence-corrected chi connectivity index (χ0v) is 10.2. The molecule has 0 unspecified atom stereocenters. The maximum absolute atomic E-state index is 11.1. The van der Waals surface area contributed by atoms with Crippen molar-refractivity contribution in [3.63, 3.8) is 0 Å². The third-order valence-electron chi connectivity index (χ3n) is 2.17. The van der Waals surface area contributed by atoms with Crippen LogP contribution in [0.15, 0.2) is 23.4 Å². The van der Waals surface area contributed by atoms with Gasteiger partial charge in [0.05, 0.1) is 12.3 Å². The summed E-state index contributed by atoms with van der Waals surface area (Å²) in [5, 5.41) is 21.3. The summed E-state index contributed by atoms with van der Waals surface area (Å²) in [6.07, 6.45) is 0. The van der Waals surface area contributed by atoms with Crippen LogP contribution in [0.1, 0.15) is 19.4 Å². The van der Waals surface area contributed by atoms with Gasteiger partial charge in [0.25, 0.3) is 0 Å². The van der Waals surface area contributed by atoms with E-state index in [-0.39, 0.29) is 18.1 Å². The van der Waals surface area contributed by atoms with Gasteiger partial charge in [-0.3, -0.25) is 0 Å². The van der Waals surface area contributed by atoms with Crippen LogP contribution in [0, 0.1) is 0 Å². The van der Waals surface area contributed by atoms with Crippen molar-refractivity contribution in [2.75, 3.05) is 13.2 Å². The van der Waals surface area contributed by atoms with Crippen LogP contribution in [0.2, 0.25) is 0 Å². The Morgan fingerprint density at radius 3 is 2.72 bits per heavy atom. The molecule has 6 nitrogen and oxygen atoms in total. The van der Waals surface area contributed by atoms with Crippen LogP contribution in [0.5, 0.6) is 11.5 Å². The first-order valence-corrected chi connectivity index (χ1v) is 5.39. The van der Waals surface area contributed by atoms with Crippen molar-refractivity contribution in [2.24, 2.45) is 5.16 Å². The average molecular weight is 253 g/mol. The molecule has 0 bridgehead atoms. The third-order valence-corrected chi connectivity index (χ3v) is 2.17. The van der Waals surface area contributed by atoms with Crippen LogP contribution < -0.4 is 4.74 Å². The van der Waals surface area contributed by atoms with E-state index in [1.165, 1.54) is 12.1 Å². The monoisotopic (exact) mass is 253 g/mol. The molecule has 0 spiro atoms. The smallest absolute Gasteiger partial charge is 0.344 e. The number of esters is 1. The molecule has 1 aromatic rings. The molecule has 0 aliphatic heterocycles. The second-order valence-electron chi connectivity index (χ2n) is 3.46. The van der Waals surface area contributed by atoms with E-state index in [1.54, 1.807) is 19.9 Å². The topological polar surface area (TPSA) is 88.4 Å². The number of ether oxygens (including phenoxy) is 2. The molecule has 98 valence electrons. The molecular formula is C12H15NO5. The number of carbonyl (C=O) groups is 1. The van der Waals surface area contributed by atoms with E-state index in [4.69, 9.17) is 14.7 Å². The maximum Gasteiger partial charge on any atom is 0.344 e. The minimum absolute atomic E-state index is 0.0911. The van der Waals surface area contributed by atoms with E-state index in [9.17, 15) is 9.90 Å². The Kier molecular flexibility index (Phi) is 4.98. The number of phenolic OH excluding ortho intramolecular Hbond substituents is 1. The van der Waals surface area contributed by atoms with Crippen LogP contribution in [0.4, 0.5) is 0 Å². The van der Waals surface area contributed by atoms with Gasteiger partial charge in [-0.15, -0.1) is 0 Å². The molecule has 6 heteroatoms. The Hall–Kier alpha value is -2.24. The van der Waals surface area contributed by atoms with Crippen molar-refractivity contribution in [2.45, 2.75) is 13.8 Å². The number of oxime groups is 1. The zero-order chi connectivity index (χ0) is 13.5. The molecule has 2 N–H and O–H groups in total. The highest BCUT2D eigenvalue weighted by Gasteiger charge is 2.08. The Bertz CT molecular complexity index is 456. The first-order valence-electron chi connectivity index (χ1n) is 5.39. The zero-order valence-electron chi connectivity index (χ0n) is 10.2. The lowest BCUT2D eigenvalue weighted by molar-refractivity contribution is -0.145. The predicted molar refractivity (Wildman–Crippen MR) is 64.2 cm³/mol. The van der Waals surface area contributed by atoms with Crippen molar-refractivity contribution in [1.29, 1.82) is 0 Å². The number of aromatic hydroxyl groups is 1. The molecule has 18 heavy (non-hydrogen) atoms. The summed E-state index contributed by atoms with van der Waals surface area (Å²) in [6, 6.07) is 4.43. The number of carbonyl (C=O) groups excluding carboxylic acids is 1. The summed E-state index contributed by atoms with van der Waals surface area (Å²) >= 11 is 0. The Morgan fingerprint density at radius 2 is 2.17 bits per heavy atom. The second kappa shape index (κ2) is 6.48. The molecule has 0 aliphatic carbocycles. The Morgan fingerprint density at radius 1 is 1.44 bits per heavy atom. The lowest BCUT2D eigenvalue weighted by Crippen LogP contribution is -2.14. The molecule has 0 aliphatic rings. The minimum atomic E-state index is -0.478. The standard InChI is InChI=1S/C12H15NO5/c1-3-17-12(15)7-18-9-4-5-10(8(2)13-16)11(14)6-9/h4-6,14,16H,3,7H2,1-2H3. The summed E-state index contributed by atoms with van der Waals surface area (Å²) in [6.45, 7) is 3.32. The van der Waals surface area contributed by atoms with Crippen LogP contribution >= 0.6 is 0 Å². The summed E-state index contributed by atoms with van der Waals surface area (Å²) in [5.41, 5.74) is 0.672. The van der Waals surface area contributed by atoms with Crippen molar-refractivity contribution in [3.05, 3.63) is 23.8 Å². The van der Waals surface area contributed by atoms with Gasteiger partial charge in [-0.1, -0.05) is 5.16 Å². The third kappa shape index (κ3) is 3.65. The largest absolute Gasteiger partial charge is 0.507 e. The van der Waals surface area contributed by atoms with E-state index in [1.807, 2.05) is 0 Å². The van der Waals surface area contributed by atoms with Crippen molar-refractivity contribution in [3.8, 4) is 11.5 Å². The van der Waals surface area contributed by atoms with Crippen LogP contribution in [0.25, 0.3) is 0 Å². The van der Waals surface area contributed by atoms with Gasteiger partial charge in [-0.2, -0.15) is 0 Å². The highest BCUT2D eigenvalue weighted by Crippen LogP contribution is 2.24. The first-order chi connectivity index (χ1) is 8.58. The summed E-state index contributed by atoms with van der Waals surface area (Å²) in [4.78, 5) is 11.1. The summed E-state index contributed by atoms with van der Waals surface area (Å²) in [7, 11) is 0. The van der Waals surface area contributed by atoms with Crippen LogP contribution in [-0.2, 0) is 9.53 Å². The van der Waals surface area contributed by atoms with Gasteiger partial charge in [0.15, 0.2) is 6.61 Å². The number of phenols is 1. The van der Waals surface area contributed by atoms with E-state index in [0.29, 0.717) is 17.9 Å². The fraction of sp³-hybridized carbons (Fsp3) is 0.333. The molecule has 0 aromatic heterocycles. The van der Waals surface area contributed by atoms with Crippen molar-refractivity contribution >= 4 is 11.7 Å². The van der Waals surface area contributed by atoms with Crippen LogP contribution in [-0.4, -0.2) is 35.2 Å². The van der Waals surface area contributed by atoms with Crippen LogP contribution in [0.3, 0.4) is 0 Å². The number of benzene rings is 1. The minimum Gasteiger partial charge on any atom is -0.507 e. The fourth-order valence-electron chi connectivity index (χ4n) is 1.31. The molecule has 1 rings (SSSR count). The highest BCUT2D eigenvalue weighted by molar-refractivity contribution is 6.00. The second-order valence-corrected chi connectivity index (χ2v) is 3.46. The predicted octanol–water partition coefficient (Wildman–Crippen LogP) is 1.53. The summed E-state index contributed by atoms with van der Waals surface area (Å²) in [5.74, 6) is -0.240. The molecule has 0 amide bonds. The quantitative estimate of drug-likeness (QED) is 0.359. The van der Waals surface area contributed by atoms with Gasteiger partial charge >= 0.3 is 5.97 Å². The summed E-state index contributed by atoms with van der Waals surface area (Å²) < 4.78 is 9.83. The van der Waals surface area contributed by atoms with Crippen molar-refractivity contribution < 1.29 is 24.6 Å². The average Bonchev–Trinajstić information content (AvgIpc) is 2.36. The fourth-order valence-corrected chi connectivity index (χ4v) is 1.31. The van der Waals surface area contributed by atoms with Gasteiger partial charge in [-0.05, 0) is 26.0 Å². The van der Waals surface area contributed by atoms with Crippen molar-refractivity contribution in [1.82, 2.24) is 0 Å².